The molecule has 2 unspecified atom stereocenters. The maximum Gasteiger partial charge on any atom is 0.136 e. The van der Waals surface area contributed by atoms with Crippen molar-refractivity contribution in [1.29, 1.82) is 0 Å². The number of benzene rings is 1. The monoisotopic (exact) mass is 378 g/mol. The van der Waals surface area contributed by atoms with E-state index >= 15 is 0 Å². The Labute approximate surface area is 150 Å². The van der Waals surface area contributed by atoms with Crippen molar-refractivity contribution in [3.63, 3.8) is 0 Å². The first-order valence-corrected chi connectivity index (χ1v) is 9.91. The first-order valence-electron chi connectivity index (χ1n) is 9.12. The van der Waals surface area contributed by atoms with Crippen molar-refractivity contribution < 1.29 is 4.74 Å². The van der Waals surface area contributed by atoms with Crippen molar-refractivity contribution in [3.8, 4) is 5.75 Å². The van der Waals surface area contributed by atoms with Crippen molar-refractivity contribution in [2.45, 2.75) is 78.1 Å². The molecule has 0 saturated heterocycles. The molecule has 1 fully saturated rings. The number of methoxy groups -OCH3 is 1. The summed E-state index contributed by atoms with van der Waals surface area (Å²) in [6.07, 6.45) is 6.57. The Morgan fingerprint density at radius 1 is 1.22 bits per heavy atom. The second kappa shape index (κ2) is 5.79. The minimum absolute atomic E-state index is 0.313. The number of ether oxygens (including phenoxy) is 1. The minimum atomic E-state index is 0.313. The van der Waals surface area contributed by atoms with Crippen LogP contribution in [0.25, 0.3) is 0 Å². The Bertz CT molecular complexity index is 617. The minimum Gasteiger partial charge on any atom is -0.495 e. The lowest BCUT2D eigenvalue weighted by molar-refractivity contribution is 0.0404. The van der Waals surface area contributed by atoms with E-state index < -0.39 is 0 Å². The quantitative estimate of drug-likeness (QED) is 0.562. The van der Waals surface area contributed by atoms with Crippen LogP contribution in [0.2, 0.25) is 0 Å². The zero-order valence-electron chi connectivity index (χ0n) is 15.6. The highest BCUT2D eigenvalue weighted by molar-refractivity contribution is 9.10. The molecule has 2 heteroatoms. The SMILES string of the molecule is COc1c(Br)cc2c(c1C(C)C)CCC1C(C)(C)CCCC21C. The molecular weight excluding hydrogens is 348 g/mol. The number of hydrogen-bond donors (Lipinski definition) is 0. The third kappa shape index (κ3) is 2.56. The van der Waals surface area contributed by atoms with Crippen LogP contribution in [-0.2, 0) is 11.8 Å². The molecule has 0 heterocycles. The smallest absolute Gasteiger partial charge is 0.136 e. The summed E-state index contributed by atoms with van der Waals surface area (Å²) in [5.74, 6) is 2.33. The van der Waals surface area contributed by atoms with E-state index in [-0.39, 0.29) is 0 Å². The highest BCUT2D eigenvalue weighted by atomic mass is 79.9. The molecule has 23 heavy (non-hydrogen) atoms. The first kappa shape index (κ1) is 17.3. The van der Waals surface area contributed by atoms with E-state index in [1.165, 1.54) is 37.7 Å². The summed E-state index contributed by atoms with van der Waals surface area (Å²) < 4.78 is 6.90. The predicted octanol–water partition coefficient (Wildman–Crippen LogP) is 6.61. The van der Waals surface area contributed by atoms with Crippen LogP contribution in [0.1, 0.15) is 82.9 Å². The molecule has 1 aromatic rings. The molecule has 0 bridgehead atoms. The highest BCUT2D eigenvalue weighted by Crippen LogP contribution is 2.59. The van der Waals surface area contributed by atoms with Crippen LogP contribution >= 0.6 is 15.9 Å². The van der Waals surface area contributed by atoms with Crippen molar-refractivity contribution in [2.24, 2.45) is 11.3 Å². The standard InChI is InChI=1S/C21H31BrO/c1-13(2)18-14-8-9-17-20(3,4)10-7-11-21(17,5)15(14)12-16(22)19(18)23-6/h12-13,17H,7-11H2,1-6H3. The molecule has 0 radical (unpaired) electrons. The van der Waals surface area contributed by atoms with Crippen LogP contribution in [0.4, 0.5) is 0 Å². The van der Waals surface area contributed by atoms with Crippen LogP contribution in [0.3, 0.4) is 0 Å². The number of halogens is 1. The third-order valence-electron chi connectivity index (χ3n) is 6.69. The molecular formula is C21H31BrO. The van der Waals surface area contributed by atoms with E-state index in [0.29, 0.717) is 16.7 Å². The van der Waals surface area contributed by atoms with E-state index in [2.05, 4.69) is 56.6 Å². The Kier molecular flexibility index (Phi) is 4.36. The van der Waals surface area contributed by atoms with Gasteiger partial charge in [-0.1, -0.05) is 41.0 Å². The van der Waals surface area contributed by atoms with E-state index in [9.17, 15) is 0 Å². The highest BCUT2D eigenvalue weighted by Gasteiger charge is 2.50. The summed E-state index contributed by atoms with van der Waals surface area (Å²) in [5, 5.41) is 0. The van der Waals surface area contributed by atoms with Crippen LogP contribution in [0.5, 0.6) is 5.75 Å². The zero-order chi connectivity index (χ0) is 17.0. The summed E-state index contributed by atoms with van der Waals surface area (Å²) in [4.78, 5) is 0. The lowest BCUT2D eigenvalue weighted by atomic mass is 9.50. The zero-order valence-corrected chi connectivity index (χ0v) is 17.1. The Morgan fingerprint density at radius 2 is 1.91 bits per heavy atom. The molecule has 2 aliphatic carbocycles. The van der Waals surface area contributed by atoms with Gasteiger partial charge in [-0.05, 0) is 81.5 Å². The summed E-state index contributed by atoms with van der Waals surface area (Å²) >= 11 is 3.80. The molecule has 2 aliphatic rings. The number of rotatable bonds is 2. The Balaban J connectivity index is 2.23. The molecule has 0 amide bonds. The van der Waals surface area contributed by atoms with Crippen molar-refractivity contribution in [1.82, 2.24) is 0 Å². The van der Waals surface area contributed by atoms with E-state index in [1.54, 1.807) is 18.2 Å². The van der Waals surface area contributed by atoms with Gasteiger partial charge in [-0.15, -0.1) is 0 Å². The van der Waals surface area contributed by atoms with Gasteiger partial charge in [0, 0.05) is 5.56 Å². The third-order valence-corrected chi connectivity index (χ3v) is 7.28. The Morgan fingerprint density at radius 3 is 2.52 bits per heavy atom. The van der Waals surface area contributed by atoms with Gasteiger partial charge in [-0.25, -0.2) is 0 Å². The van der Waals surface area contributed by atoms with E-state index in [1.807, 2.05) is 0 Å². The van der Waals surface area contributed by atoms with Gasteiger partial charge < -0.3 is 4.74 Å². The van der Waals surface area contributed by atoms with E-state index in [4.69, 9.17) is 4.74 Å². The number of fused-ring (bicyclic) bond motifs is 3. The summed E-state index contributed by atoms with van der Waals surface area (Å²) in [6, 6.07) is 2.38. The lowest BCUT2D eigenvalue weighted by Crippen LogP contribution is -2.48. The molecule has 1 aromatic carbocycles. The molecule has 1 saturated carbocycles. The van der Waals surface area contributed by atoms with Crippen molar-refractivity contribution in [2.75, 3.05) is 7.11 Å². The van der Waals surface area contributed by atoms with Crippen LogP contribution in [0.15, 0.2) is 10.5 Å². The van der Waals surface area contributed by atoms with Gasteiger partial charge >= 0.3 is 0 Å². The molecule has 128 valence electrons. The van der Waals surface area contributed by atoms with E-state index in [0.717, 1.165) is 16.1 Å². The first-order chi connectivity index (χ1) is 10.7. The number of hydrogen-bond acceptors (Lipinski definition) is 1. The molecule has 0 aromatic heterocycles. The normalized spacial score (nSPS) is 29.1. The predicted molar refractivity (Wildman–Crippen MR) is 102 cm³/mol. The molecule has 2 atom stereocenters. The van der Waals surface area contributed by atoms with Gasteiger partial charge in [0.15, 0.2) is 0 Å². The summed E-state index contributed by atoms with van der Waals surface area (Å²) in [7, 11) is 1.80. The lowest BCUT2D eigenvalue weighted by Gasteiger charge is -2.55. The summed E-state index contributed by atoms with van der Waals surface area (Å²) in [5.41, 5.74) is 5.37. The second-order valence-corrected chi connectivity index (χ2v) is 9.69. The van der Waals surface area contributed by atoms with Gasteiger partial charge in [0.1, 0.15) is 5.75 Å². The van der Waals surface area contributed by atoms with Crippen LogP contribution in [0, 0.1) is 11.3 Å². The topological polar surface area (TPSA) is 9.23 Å². The molecule has 1 nitrogen and oxygen atoms in total. The molecule has 0 spiro atoms. The van der Waals surface area contributed by atoms with Crippen LogP contribution in [-0.4, -0.2) is 7.11 Å². The summed E-state index contributed by atoms with van der Waals surface area (Å²) in [6.45, 7) is 12.1. The van der Waals surface area contributed by atoms with Gasteiger partial charge in [0.25, 0.3) is 0 Å². The fourth-order valence-electron chi connectivity index (χ4n) is 5.73. The van der Waals surface area contributed by atoms with Crippen LogP contribution < -0.4 is 4.74 Å². The largest absolute Gasteiger partial charge is 0.495 e. The van der Waals surface area contributed by atoms with Gasteiger partial charge in [-0.2, -0.15) is 0 Å². The van der Waals surface area contributed by atoms with Gasteiger partial charge in [-0.3, -0.25) is 0 Å². The van der Waals surface area contributed by atoms with Gasteiger partial charge in [0.2, 0.25) is 0 Å². The average Bonchev–Trinajstić information content (AvgIpc) is 2.45. The Hall–Kier alpha value is -0.500. The fraction of sp³-hybridized carbons (Fsp3) is 0.714. The maximum absolute atomic E-state index is 5.77. The van der Waals surface area contributed by atoms with Gasteiger partial charge in [0.05, 0.1) is 11.6 Å². The molecule has 3 rings (SSSR count). The van der Waals surface area contributed by atoms with Crippen molar-refractivity contribution >= 4 is 15.9 Å². The molecule has 0 N–H and O–H groups in total. The van der Waals surface area contributed by atoms with Crippen molar-refractivity contribution in [3.05, 3.63) is 27.2 Å². The maximum atomic E-state index is 5.77. The molecule has 0 aliphatic heterocycles. The fourth-order valence-corrected chi connectivity index (χ4v) is 6.33. The second-order valence-electron chi connectivity index (χ2n) is 8.84. The average molecular weight is 379 g/mol.